The van der Waals surface area contributed by atoms with E-state index in [9.17, 15) is 9.59 Å². The van der Waals surface area contributed by atoms with E-state index < -0.39 is 5.97 Å². The number of rotatable bonds is 8. The van der Waals surface area contributed by atoms with Crippen LogP contribution in [0.5, 0.6) is 0 Å². The zero-order chi connectivity index (χ0) is 14.3. The average molecular weight is 266 g/mol. The van der Waals surface area contributed by atoms with Gasteiger partial charge in [-0.05, 0) is 19.1 Å². The number of hydrogen-bond donors (Lipinski definition) is 2. The van der Waals surface area contributed by atoms with E-state index in [1.165, 1.54) is 11.2 Å². The Morgan fingerprint density at radius 2 is 2.32 bits per heavy atom. The highest BCUT2D eigenvalue weighted by molar-refractivity contribution is 5.79. The van der Waals surface area contributed by atoms with Gasteiger partial charge in [-0.1, -0.05) is 6.08 Å². The maximum atomic E-state index is 11.8. The number of nitrogens with zero attached hydrogens (tertiary/aromatic N) is 1. The zero-order valence-electron chi connectivity index (χ0n) is 10.8. The fourth-order valence-electron chi connectivity index (χ4n) is 1.66. The molecule has 1 atom stereocenters. The zero-order valence-corrected chi connectivity index (χ0v) is 10.8. The van der Waals surface area contributed by atoms with Gasteiger partial charge in [0.05, 0.1) is 25.4 Å². The largest absolute Gasteiger partial charge is 0.480 e. The molecule has 0 saturated heterocycles. The van der Waals surface area contributed by atoms with E-state index in [2.05, 4.69) is 11.9 Å². The van der Waals surface area contributed by atoms with Gasteiger partial charge in [-0.25, -0.2) is 0 Å². The summed E-state index contributed by atoms with van der Waals surface area (Å²) in [7, 11) is 0. The molecule has 1 rings (SSSR count). The van der Waals surface area contributed by atoms with Gasteiger partial charge in [0.1, 0.15) is 5.76 Å². The van der Waals surface area contributed by atoms with Crippen LogP contribution in [0.1, 0.15) is 18.7 Å². The highest BCUT2D eigenvalue weighted by atomic mass is 16.4. The molecule has 1 amide bonds. The van der Waals surface area contributed by atoms with Gasteiger partial charge in [0.2, 0.25) is 5.91 Å². The van der Waals surface area contributed by atoms with Crippen LogP contribution in [0.15, 0.2) is 35.5 Å². The van der Waals surface area contributed by atoms with Crippen LogP contribution in [0.3, 0.4) is 0 Å². The van der Waals surface area contributed by atoms with Crippen molar-refractivity contribution in [1.82, 2.24) is 10.2 Å². The molecule has 0 aliphatic heterocycles. The first-order chi connectivity index (χ1) is 9.02. The van der Waals surface area contributed by atoms with Crippen molar-refractivity contribution in [1.29, 1.82) is 0 Å². The number of carbonyl (C=O) groups excluding carboxylic acids is 1. The summed E-state index contributed by atoms with van der Waals surface area (Å²) in [5.41, 5.74) is 0. The van der Waals surface area contributed by atoms with Crippen LogP contribution < -0.4 is 5.32 Å². The van der Waals surface area contributed by atoms with Crippen molar-refractivity contribution in [2.24, 2.45) is 0 Å². The van der Waals surface area contributed by atoms with Crippen LogP contribution in [-0.2, 0) is 9.59 Å². The third-order valence-electron chi connectivity index (χ3n) is 2.46. The minimum absolute atomic E-state index is 0.00334. The number of carboxylic acid groups (broad SMARTS) is 1. The Morgan fingerprint density at radius 3 is 2.84 bits per heavy atom. The van der Waals surface area contributed by atoms with Crippen LogP contribution >= 0.6 is 0 Å². The molecule has 0 fully saturated rings. The lowest BCUT2D eigenvalue weighted by molar-refractivity contribution is -0.138. The first kappa shape index (κ1) is 15.0. The summed E-state index contributed by atoms with van der Waals surface area (Å²) in [4.78, 5) is 23.9. The maximum absolute atomic E-state index is 11.8. The topological polar surface area (TPSA) is 82.8 Å². The van der Waals surface area contributed by atoms with Crippen molar-refractivity contribution < 1.29 is 19.1 Å². The SMILES string of the molecule is C=CCN(CC(=O)O)CC(=O)NC(C)c1ccco1. The summed E-state index contributed by atoms with van der Waals surface area (Å²) >= 11 is 0. The average Bonchev–Trinajstić information content (AvgIpc) is 2.81. The van der Waals surface area contributed by atoms with Crippen molar-refractivity contribution in [3.8, 4) is 0 Å². The second-order valence-electron chi connectivity index (χ2n) is 4.16. The molecule has 0 aromatic carbocycles. The fraction of sp³-hybridized carbons (Fsp3) is 0.385. The van der Waals surface area contributed by atoms with Gasteiger partial charge in [-0.3, -0.25) is 14.5 Å². The number of carbonyl (C=O) groups is 2. The second-order valence-corrected chi connectivity index (χ2v) is 4.16. The van der Waals surface area contributed by atoms with E-state index in [0.717, 1.165) is 0 Å². The van der Waals surface area contributed by atoms with Crippen molar-refractivity contribution in [2.75, 3.05) is 19.6 Å². The van der Waals surface area contributed by atoms with Crippen LogP contribution in [-0.4, -0.2) is 41.5 Å². The lowest BCUT2D eigenvalue weighted by Gasteiger charge is -2.19. The van der Waals surface area contributed by atoms with Gasteiger partial charge >= 0.3 is 5.97 Å². The molecule has 1 unspecified atom stereocenters. The summed E-state index contributed by atoms with van der Waals surface area (Å²) in [6.07, 6.45) is 3.10. The molecule has 104 valence electrons. The molecule has 19 heavy (non-hydrogen) atoms. The molecule has 0 aliphatic carbocycles. The van der Waals surface area contributed by atoms with E-state index in [0.29, 0.717) is 12.3 Å². The minimum atomic E-state index is -0.978. The van der Waals surface area contributed by atoms with Gasteiger partial charge < -0.3 is 14.8 Å². The Balaban J connectivity index is 2.47. The summed E-state index contributed by atoms with van der Waals surface area (Å²) in [6, 6.07) is 3.26. The van der Waals surface area contributed by atoms with E-state index in [1.807, 2.05) is 0 Å². The number of furan rings is 1. The molecule has 0 radical (unpaired) electrons. The molecule has 0 aliphatic rings. The third kappa shape index (κ3) is 5.39. The van der Waals surface area contributed by atoms with Gasteiger partial charge in [-0.2, -0.15) is 0 Å². The minimum Gasteiger partial charge on any atom is -0.480 e. The Bertz CT molecular complexity index is 428. The van der Waals surface area contributed by atoms with E-state index in [4.69, 9.17) is 9.52 Å². The lowest BCUT2D eigenvalue weighted by Crippen LogP contribution is -2.40. The monoisotopic (exact) mass is 266 g/mol. The standard InChI is InChI=1S/C13H18N2O4/c1-3-6-15(9-13(17)18)8-12(16)14-10(2)11-5-4-7-19-11/h3-5,7,10H,1,6,8-9H2,2H3,(H,14,16)(H,17,18). The number of hydrogen-bond acceptors (Lipinski definition) is 4. The Kier molecular flexibility index (Phi) is 5.81. The maximum Gasteiger partial charge on any atom is 0.317 e. The molecular formula is C13H18N2O4. The van der Waals surface area contributed by atoms with Gasteiger partial charge in [0, 0.05) is 6.54 Å². The Labute approximate surface area is 111 Å². The molecule has 1 aromatic rings. The Morgan fingerprint density at radius 1 is 1.58 bits per heavy atom. The van der Waals surface area contributed by atoms with Crippen LogP contribution in [0.4, 0.5) is 0 Å². The van der Waals surface area contributed by atoms with Gasteiger partial charge in [0.25, 0.3) is 0 Å². The molecule has 0 bridgehead atoms. The van der Waals surface area contributed by atoms with Crippen LogP contribution in [0.2, 0.25) is 0 Å². The molecule has 1 aromatic heterocycles. The fourth-order valence-corrected chi connectivity index (χ4v) is 1.66. The summed E-state index contributed by atoms with van der Waals surface area (Å²) in [6.45, 7) is 5.48. The highest BCUT2D eigenvalue weighted by Crippen LogP contribution is 2.11. The molecular weight excluding hydrogens is 248 g/mol. The summed E-state index contributed by atoms with van der Waals surface area (Å²) in [5.74, 6) is -0.581. The van der Waals surface area contributed by atoms with E-state index >= 15 is 0 Å². The second kappa shape index (κ2) is 7.38. The first-order valence-corrected chi connectivity index (χ1v) is 5.90. The molecule has 0 saturated carbocycles. The van der Waals surface area contributed by atoms with Crippen molar-refractivity contribution in [2.45, 2.75) is 13.0 Å². The highest BCUT2D eigenvalue weighted by Gasteiger charge is 2.16. The summed E-state index contributed by atoms with van der Waals surface area (Å²) < 4.78 is 5.17. The lowest BCUT2D eigenvalue weighted by atomic mass is 10.2. The van der Waals surface area contributed by atoms with E-state index in [1.54, 1.807) is 25.1 Å². The molecule has 6 nitrogen and oxygen atoms in total. The molecule has 0 spiro atoms. The number of carboxylic acids is 1. The number of nitrogens with one attached hydrogen (secondary N) is 1. The predicted octanol–water partition coefficient (Wildman–Crippen LogP) is 1.03. The number of aliphatic carboxylic acids is 1. The smallest absolute Gasteiger partial charge is 0.317 e. The first-order valence-electron chi connectivity index (χ1n) is 5.90. The number of amides is 1. The van der Waals surface area contributed by atoms with Crippen molar-refractivity contribution >= 4 is 11.9 Å². The summed E-state index contributed by atoms with van der Waals surface area (Å²) in [5, 5.41) is 11.5. The van der Waals surface area contributed by atoms with Gasteiger partial charge in [-0.15, -0.1) is 6.58 Å². The third-order valence-corrected chi connectivity index (χ3v) is 2.46. The Hall–Kier alpha value is -2.08. The molecule has 2 N–H and O–H groups in total. The normalized spacial score (nSPS) is 12.1. The quantitative estimate of drug-likeness (QED) is 0.687. The van der Waals surface area contributed by atoms with E-state index in [-0.39, 0.29) is 25.0 Å². The molecule has 1 heterocycles. The van der Waals surface area contributed by atoms with Crippen molar-refractivity contribution in [3.63, 3.8) is 0 Å². The van der Waals surface area contributed by atoms with Crippen LogP contribution in [0, 0.1) is 0 Å². The molecule has 6 heteroatoms. The predicted molar refractivity (Wildman–Crippen MR) is 69.5 cm³/mol. The van der Waals surface area contributed by atoms with Crippen molar-refractivity contribution in [3.05, 3.63) is 36.8 Å². The van der Waals surface area contributed by atoms with Gasteiger partial charge in [0.15, 0.2) is 0 Å². The van der Waals surface area contributed by atoms with Crippen LogP contribution in [0.25, 0.3) is 0 Å².